The van der Waals surface area contributed by atoms with E-state index in [4.69, 9.17) is 5.73 Å². The summed E-state index contributed by atoms with van der Waals surface area (Å²) in [5, 5.41) is 5.60. The van der Waals surface area contributed by atoms with Crippen LogP contribution in [0.4, 0.5) is 0 Å². The van der Waals surface area contributed by atoms with Gasteiger partial charge < -0.3 is 11.1 Å². The number of nitrogens with one attached hydrogen (secondary N) is 1. The monoisotopic (exact) mass is 246 g/mol. The number of nitrogens with two attached hydrogens (primary N) is 1. The first-order valence-corrected chi connectivity index (χ1v) is 6.70. The summed E-state index contributed by atoms with van der Waals surface area (Å²) >= 11 is 1.77. The van der Waals surface area contributed by atoms with Crippen LogP contribution in [0.15, 0.2) is 41.8 Å². The van der Waals surface area contributed by atoms with E-state index in [0.29, 0.717) is 6.54 Å². The lowest BCUT2D eigenvalue weighted by Gasteiger charge is -2.17. The highest BCUT2D eigenvalue weighted by atomic mass is 32.1. The molecule has 1 heterocycles. The van der Waals surface area contributed by atoms with Gasteiger partial charge in [-0.3, -0.25) is 0 Å². The van der Waals surface area contributed by atoms with E-state index in [-0.39, 0.29) is 6.04 Å². The highest BCUT2D eigenvalue weighted by Gasteiger charge is 2.08. The van der Waals surface area contributed by atoms with E-state index in [1.165, 1.54) is 16.0 Å². The summed E-state index contributed by atoms with van der Waals surface area (Å²) in [6.07, 6.45) is 0. The van der Waals surface area contributed by atoms with Crippen molar-refractivity contribution in [1.82, 2.24) is 5.32 Å². The summed E-state index contributed by atoms with van der Waals surface area (Å²) in [5.74, 6) is 0. The molecule has 1 atom stereocenters. The number of thiophene rings is 1. The second-order valence-electron chi connectivity index (χ2n) is 4.16. The van der Waals surface area contributed by atoms with Gasteiger partial charge in [0.1, 0.15) is 0 Å². The van der Waals surface area contributed by atoms with Crippen molar-refractivity contribution < 1.29 is 0 Å². The summed E-state index contributed by atoms with van der Waals surface area (Å²) < 4.78 is 0. The maximum atomic E-state index is 5.84. The molecule has 0 radical (unpaired) electrons. The Hall–Kier alpha value is -1.16. The van der Waals surface area contributed by atoms with Crippen molar-refractivity contribution in [2.75, 3.05) is 6.54 Å². The Balaban J connectivity index is 2.01. The molecule has 0 aliphatic carbocycles. The highest BCUT2D eigenvalue weighted by molar-refractivity contribution is 7.09. The van der Waals surface area contributed by atoms with E-state index in [0.717, 1.165) is 6.54 Å². The van der Waals surface area contributed by atoms with Crippen LogP contribution < -0.4 is 11.1 Å². The van der Waals surface area contributed by atoms with E-state index < -0.39 is 0 Å². The number of rotatable bonds is 5. The molecule has 0 aliphatic rings. The van der Waals surface area contributed by atoms with Crippen molar-refractivity contribution in [3.63, 3.8) is 0 Å². The average Bonchev–Trinajstić information content (AvgIpc) is 2.83. The number of benzene rings is 1. The van der Waals surface area contributed by atoms with E-state index in [1.54, 1.807) is 11.3 Å². The quantitative estimate of drug-likeness (QED) is 0.851. The molecule has 0 bridgehead atoms. The zero-order valence-electron chi connectivity index (χ0n) is 10.0. The van der Waals surface area contributed by atoms with Gasteiger partial charge in [-0.15, -0.1) is 11.3 Å². The Morgan fingerprint density at radius 2 is 2.18 bits per heavy atom. The lowest BCUT2D eigenvalue weighted by Crippen LogP contribution is -2.27. The Morgan fingerprint density at radius 3 is 2.82 bits per heavy atom. The van der Waals surface area contributed by atoms with Crippen molar-refractivity contribution in [2.24, 2.45) is 5.73 Å². The first-order valence-electron chi connectivity index (χ1n) is 5.82. The van der Waals surface area contributed by atoms with Crippen LogP contribution in [0.3, 0.4) is 0 Å². The molecule has 2 aromatic rings. The Morgan fingerprint density at radius 1 is 1.29 bits per heavy atom. The summed E-state index contributed by atoms with van der Waals surface area (Å²) in [6.45, 7) is 3.61. The molecule has 17 heavy (non-hydrogen) atoms. The molecule has 0 spiro atoms. The standard InChI is InChI=1S/C14H18N2S/c1-11-4-2-5-12(8-11)14(9-15)16-10-13-6-3-7-17-13/h2-8,14,16H,9-10,15H2,1H3. The first kappa shape index (κ1) is 12.3. The minimum Gasteiger partial charge on any atom is -0.329 e. The molecule has 3 N–H and O–H groups in total. The largest absolute Gasteiger partial charge is 0.329 e. The second-order valence-corrected chi connectivity index (χ2v) is 5.19. The van der Waals surface area contributed by atoms with Gasteiger partial charge in [0.05, 0.1) is 0 Å². The third-order valence-electron chi connectivity index (χ3n) is 2.78. The van der Waals surface area contributed by atoms with Gasteiger partial charge in [-0.2, -0.15) is 0 Å². The fraction of sp³-hybridized carbons (Fsp3) is 0.286. The topological polar surface area (TPSA) is 38.0 Å². The first-order chi connectivity index (χ1) is 8.29. The van der Waals surface area contributed by atoms with Gasteiger partial charge in [0.15, 0.2) is 0 Å². The van der Waals surface area contributed by atoms with E-state index >= 15 is 0 Å². The summed E-state index contributed by atoms with van der Waals surface area (Å²) in [7, 11) is 0. The SMILES string of the molecule is Cc1cccc(C(CN)NCc2cccs2)c1. The van der Waals surface area contributed by atoms with E-state index in [1.807, 2.05) is 0 Å². The number of hydrogen-bond acceptors (Lipinski definition) is 3. The fourth-order valence-corrected chi connectivity index (χ4v) is 2.52. The maximum Gasteiger partial charge on any atom is 0.0447 e. The lowest BCUT2D eigenvalue weighted by atomic mass is 10.0. The Bertz CT molecular complexity index is 451. The molecule has 1 unspecified atom stereocenters. The second kappa shape index (κ2) is 5.96. The third kappa shape index (κ3) is 3.40. The number of hydrogen-bond donors (Lipinski definition) is 2. The van der Waals surface area contributed by atoms with Gasteiger partial charge in [-0.25, -0.2) is 0 Å². The van der Waals surface area contributed by atoms with Crippen molar-refractivity contribution >= 4 is 11.3 Å². The highest BCUT2D eigenvalue weighted by Crippen LogP contribution is 2.15. The van der Waals surface area contributed by atoms with Gasteiger partial charge >= 0.3 is 0 Å². The van der Waals surface area contributed by atoms with Gasteiger partial charge in [-0.05, 0) is 23.9 Å². The van der Waals surface area contributed by atoms with Crippen molar-refractivity contribution in [1.29, 1.82) is 0 Å². The van der Waals surface area contributed by atoms with Crippen LogP contribution in [0.2, 0.25) is 0 Å². The molecule has 2 rings (SSSR count). The smallest absolute Gasteiger partial charge is 0.0447 e. The maximum absolute atomic E-state index is 5.84. The fourth-order valence-electron chi connectivity index (χ4n) is 1.86. The molecule has 1 aromatic carbocycles. The van der Waals surface area contributed by atoms with Crippen molar-refractivity contribution in [3.8, 4) is 0 Å². The van der Waals surface area contributed by atoms with Crippen molar-refractivity contribution in [3.05, 3.63) is 57.8 Å². The molecular formula is C14H18N2S. The Labute approximate surface area is 106 Å². The van der Waals surface area contributed by atoms with Crippen LogP contribution in [0.5, 0.6) is 0 Å². The normalized spacial score (nSPS) is 12.6. The average molecular weight is 246 g/mol. The van der Waals surface area contributed by atoms with Crippen LogP contribution in [0, 0.1) is 6.92 Å². The molecule has 0 fully saturated rings. The van der Waals surface area contributed by atoms with Gasteiger partial charge in [0.25, 0.3) is 0 Å². The minimum atomic E-state index is 0.233. The molecular weight excluding hydrogens is 228 g/mol. The third-order valence-corrected chi connectivity index (χ3v) is 3.66. The molecule has 0 saturated heterocycles. The molecule has 2 nitrogen and oxygen atoms in total. The van der Waals surface area contributed by atoms with Crippen LogP contribution in [-0.2, 0) is 6.54 Å². The molecule has 0 amide bonds. The van der Waals surface area contributed by atoms with Crippen molar-refractivity contribution in [2.45, 2.75) is 19.5 Å². The van der Waals surface area contributed by atoms with Crippen LogP contribution >= 0.6 is 11.3 Å². The molecule has 0 aliphatic heterocycles. The van der Waals surface area contributed by atoms with Gasteiger partial charge in [0.2, 0.25) is 0 Å². The minimum absolute atomic E-state index is 0.233. The lowest BCUT2D eigenvalue weighted by molar-refractivity contribution is 0.545. The number of aryl methyl sites for hydroxylation is 1. The Kier molecular flexibility index (Phi) is 4.31. The predicted molar refractivity (Wildman–Crippen MR) is 74.1 cm³/mol. The molecule has 90 valence electrons. The molecule has 0 saturated carbocycles. The van der Waals surface area contributed by atoms with E-state index in [2.05, 4.69) is 54.0 Å². The molecule has 3 heteroatoms. The zero-order valence-corrected chi connectivity index (χ0v) is 10.8. The molecule has 1 aromatic heterocycles. The predicted octanol–water partition coefficient (Wildman–Crippen LogP) is 2.85. The van der Waals surface area contributed by atoms with Crippen LogP contribution in [0.1, 0.15) is 22.0 Å². The van der Waals surface area contributed by atoms with E-state index in [9.17, 15) is 0 Å². The van der Waals surface area contributed by atoms with Crippen LogP contribution in [0.25, 0.3) is 0 Å². The van der Waals surface area contributed by atoms with Gasteiger partial charge in [-0.1, -0.05) is 35.9 Å². The van der Waals surface area contributed by atoms with Gasteiger partial charge in [0, 0.05) is 24.0 Å². The van der Waals surface area contributed by atoms with Crippen LogP contribution in [-0.4, -0.2) is 6.54 Å². The summed E-state index contributed by atoms with van der Waals surface area (Å²) in [6, 6.07) is 13.0. The summed E-state index contributed by atoms with van der Waals surface area (Å²) in [4.78, 5) is 1.34. The zero-order chi connectivity index (χ0) is 12.1. The summed E-state index contributed by atoms with van der Waals surface area (Å²) in [5.41, 5.74) is 8.38.